The number of thiophene rings is 1. The van der Waals surface area contributed by atoms with Gasteiger partial charge < -0.3 is 5.32 Å². The summed E-state index contributed by atoms with van der Waals surface area (Å²) in [5, 5.41) is 6.95. The second-order valence-corrected chi connectivity index (χ2v) is 6.67. The van der Waals surface area contributed by atoms with Crippen molar-refractivity contribution < 1.29 is 9.18 Å². The van der Waals surface area contributed by atoms with Gasteiger partial charge in [0.05, 0.1) is 5.56 Å². The maximum atomic E-state index is 12.9. The Hall–Kier alpha value is -2.11. The highest BCUT2D eigenvalue weighted by Gasteiger charge is 2.12. The van der Waals surface area contributed by atoms with Crippen molar-refractivity contribution in [3.05, 3.63) is 82.3 Å². The highest BCUT2D eigenvalue weighted by Crippen LogP contribution is 2.27. The first-order valence-electron chi connectivity index (χ1n) is 7.02. The molecule has 0 bridgehead atoms. The predicted octanol–water partition coefficient (Wildman–Crippen LogP) is 5.43. The molecule has 2 aromatic carbocycles. The van der Waals surface area contributed by atoms with E-state index in [0.717, 1.165) is 10.6 Å². The van der Waals surface area contributed by atoms with Gasteiger partial charge in [-0.2, -0.15) is 11.3 Å². The van der Waals surface area contributed by atoms with Crippen molar-refractivity contribution >= 4 is 34.7 Å². The Labute approximate surface area is 142 Å². The minimum absolute atomic E-state index is 0.190. The molecule has 2 nitrogen and oxygen atoms in total. The quantitative estimate of drug-likeness (QED) is 0.626. The van der Waals surface area contributed by atoms with E-state index in [-0.39, 0.29) is 11.7 Å². The molecule has 0 spiro atoms. The van der Waals surface area contributed by atoms with Crippen LogP contribution in [0, 0.1) is 5.82 Å². The molecule has 1 N–H and O–H groups in total. The Morgan fingerprint density at radius 2 is 1.87 bits per heavy atom. The van der Waals surface area contributed by atoms with Crippen molar-refractivity contribution in [3.63, 3.8) is 0 Å². The fourth-order valence-corrected chi connectivity index (χ4v) is 3.81. The number of amides is 1. The molecule has 3 rings (SSSR count). The first-order valence-corrected chi connectivity index (χ1v) is 8.95. The minimum atomic E-state index is -0.324. The molecular weight excluding hydrogens is 329 g/mol. The lowest BCUT2D eigenvalue weighted by Crippen LogP contribution is -2.12. The van der Waals surface area contributed by atoms with Crippen molar-refractivity contribution in [2.45, 2.75) is 10.6 Å². The van der Waals surface area contributed by atoms with Crippen molar-refractivity contribution in [3.8, 4) is 0 Å². The van der Waals surface area contributed by atoms with Gasteiger partial charge in [-0.05, 0) is 58.8 Å². The van der Waals surface area contributed by atoms with Crippen LogP contribution in [0.1, 0.15) is 15.9 Å². The highest BCUT2D eigenvalue weighted by atomic mass is 32.2. The lowest BCUT2D eigenvalue weighted by Gasteiger charge is -2.09. The van der Waals surface area contributed by atoms with Crippen LogP contribution in [0.5, 0.6) is 0 Å². The van der Waals surface area contributed by atoms with E-state index >= 15 is 0 Å². The SMILES string of the molecule is O=C(Nc1ccc(F)cc1)c1ccccc1SCc1ccsc1. The third-order valence-corrected chi connectivity index (χ3v) is 5.08. The fourth-order valence-electron chi connectivity index (χ4n) is 2.05. The molecule has 23 heavy (non-hydrogen) atoms. The fraction of sp³-hybridized carbons (Fsp3) is 0.0556. The largest absolute Gasteiger partial charge is 0.322 e. The summed E-state index contributed by atoms with van der Waals surface area (Å²) in [6.45, 7) is 0. The van der Waals surface area contributed by atoms with E-state index in [4.69, 9.17) is 0 Å². The number of halogens is 1. The number of anilines is 1. The minimum Gasteiger partial charge on any atom is -0.322 e. The smallest absolute Gasteiger partial charge is 0.256 e. The molecule has 0 aliphatic rings. The molecule has 0 saturated carbocycles. The van der Waals surface area contributed by atoms with Crippen LogP contribution >= 0.6 is 23.1 Å². The zero-order valence-electron chi connectivity index (χ0n) is 12.2. The Bertz CT molecular complexity index is 785. The summed E-state index contributed by atoms with van der Waals surface area (Å²) in [4.78, 5) is 13.4. The van der Waals surface area contributed by atoms with E-state index in [1.54, 1.807) is 41.3 Å². The summed E-state index contributed by atoms with van der Waals surface area (Å²) in [5.41, 5.74) is 2.44. The highest BCUT2D eigenvalue weighted by molar-refractivity contribution is 7.98. The molecule has 5 heteroatoms. The molecule has 1 amide bonds. The van der Waals surface area contributed by atoms with Crippen LogP contribution in [0.15, 0.2) is 70.3 Å². The van der Waals surface area contributed by atoms with Crippen LogP contribution in [-0.4, -0.2) is 5.91 Å². The molecule has 1 heterocycles. The summed E-state index contributed by atoms with van der Waals surface area (Å²) in [6, 6.07) is 15.3. The molecule has 0 radical (unpaired) electrons. The molecule has 0 aliphatic heterocycles. The van der Waals surface area contributed by atoms with Crippen molar-refractivity contribution in [2.75, 3.05) is 5.32 Å². The lowest BCUT2D eigenvalue weighted by molar-refractivity contribution is 0.102. The topological polar surface area (TPSA) is 29.1 Å². The lowest BCUT2D eigenvalue weighted by atomic mass is 10.2. The summed E-state index contributed by atoms with van der Waals surface area (Å²) >= 11 is 3.30. The number of nitrogens with one attached hydrogen (secondary N) is 1. The summed E-state index contributed by atoms with van der Waals surface area (Å²) < 4.78 is 12.9. The first kappa shape index (κ1) is 15.8. The predicted molar refractivity (Wildman–Crippen MR) is 94.7 cm³/mol. The van der Waals surface area contributed by atoms with Crippen molar-refractivity contribution in [1.29, 1.82) is 0 Å². The molecule has 0 fully saturated rings. The number of rotatable bonds is 5. The van der Waals surface area contributed by atoms with Crippen LogP contribution in [0.2, 0.25) is 0 Å². The molecule has 0 saturated heterocycles. The third kappa shape index (κ3) is 4.21. The van der Waals surface area contributed by atoms with Gasteiger partial charge in [0.15, 0.2) is 0 Å². The zero-order chi connectivity index (χ0) is 16.1. The standard InChI is InChI=1S/C18H14FNOS2/c19-14-5-7-15(8-6-14)20-18(21)16-3-1-2-4-17(16)23-12-13-9-10-22-11-13/h1-11H,12H2,(H,20,21). The van der Waals surface area contributed by atoms with Crippen LogP contribution in [0.25, 0.3) is 0 Å². The number of thioether (sulfide) groups is 1. The summed E-state index contributed by atoms with van der Waals surface area (Å²) in [7, 11) is 0. The maximum absolute atomic E-state index is 12.9. The monoisotopic (exact) mass is 343 g/mol. The number of carbonyl (C=O) groups excluding carboxylic acids is 1. The molecule has 116 valence electrons. The van der Waals surface area contributed by atoms with Crippen LogP contribution in [-0.2, 0) is 5.75 Å². The number of carbonyl (C=O) groups is 1. The van der Waals surface area contributed by atoms with Gasteiger partial charge in [0.25, 0.3) is 5.91 Å². The van der Waals surface area contributed by atoms with Gasteiger partial charge in [-0.15, -0.1) is 11.8 Å². The first-order chi connectivity index (χ1) is 11.2. The maximum Gasteiger partial charge on any atom is 0.256 e. The summed E-state index contributed by atoms with van der Waals surface area (Å²) in [5.74, 6) is 0.310. The van der Waals surface area contributed by atoms with E-state index < -0.39 is 0 Å². The average molecular weight is 343 g/mol. The Kier molecular flexibility index (Phi) is 5.10. The van der Waals surface area contributed by atoms with E-state index in [0.29, 0.717) is 11.3 Å². The van der Waals surface area contributed by atoms with Crippen LogP contribution in [0.3, 0.4) is 0 Å². The molecule has 3 aromatic rings. The second kappa shape index (κ2) is 7.44. The zero-order valence-corrected chi connectivity index (χ0v) is 13.8. The van der Waals surface area contributed by atoms with Gasteiger partial charge in [0.1, 0.15) is 5.82 Å². The van der Waals surface area contributed by atoms with Crippen molar-refractivity contribution in [1.82, 2.24) is 0 Å². The van der Waals surface area contributed by atoms with E-state index in [2.05, 4.69) is 16.8 Å². The van der Waals surface area contributed by atoms with Gasteiger partial charge in [-0.3, -0.25) is 4.79 Å². The number of benzene rings is 2. The third-order valence-electron chi connectivity index (χ3n) is 3.21. The van der Waals surface area contributed by atoms with E-state index in [1.807, 2.05) is 23.6 Å². The van der Waals surface area contributed by atoms with Crippen LogP contribution in [0.4, 0.5) is 10.1 Å². The van der Waals surface area contributed by atoms with E-state index in [1.165, 1.54) is 17.7 Å². The van der Waals surface area contributed by atoms with Gasteiger partial charge in [0, 0.05) is 16.3 Å². The Morgan fingerprint density at radius 1 is 1.09 bits per heavy atom. The van der Waals surface area contributed by atoms with Gasteiger partial charge >= 0.3 is 0 Å². The van der Waals surface area contributed by atoms with Gasteiger partial charge in [-0.1, -0.05) is 12.1 Å². The second-order valence-electron chi connectivity index (χ2n) is 4.88. The normalized spacial score (nSPS) is 10.5. The Balaban J connectivity index is 1.73. The average Bonchev–Trinajstić information content (AvgIpc) is 3.09. The molecule has 0 aliphatic carbocycles. The van der Waals surface area contributed by atoms with E-state index in [9.17, 15) is 9.18 Å². The molecule has 0 atom stereocenters. The molecule has 0 unspecified atom stereocenters. The number of hydrogen-bond acceptors (Lipinski definition) is 3. The van der Waals surface area contributed by atoms with Crippen molar-refractivity contribution in [2.24, 2.45) is 0 Å². The van der Waals surface area contributed by atoms with Gasteiger partial charge in [0.2, 0.25) is 0 Å². The number of hydrogen-bond donors (Lipinski definition) is 1. The Morgan fingerprint density at radius 3 is 2.61 bits per heavy atom. The van der Waals surface area contributed by atoms with Gasteiger partial charge in [-0.25, -0.2) is 4.39 Å². The molecular formula is C18H14FNOS2. The molecule has 1 aromatic heterocycles. The van der Waals surface area contributed by atoms with Crippen LogP contribution < -0.4 is 5.32 Å². The summed E-state index contributed by atoms with van der Waals surface area (Å²) in [6.07, 6.45) is 0.